The second-order valence-electron chi connectivity index (χ2n) is 9.38. The Labute approximate surface area is 211 Å². The third-order valence-electron chi connectivity index (χ3n) is 5.88. The van der Waals surface area contributed by atoms with Crippen LogP contribution in [0.5, 0.6) is 5.75 Å². The molecule has 0 saturated carbocycles. The Hall–Kier alpha value is -3.14. The number of nitrogens with one attached hydrogen (secondary N) is 1. The van der Waals surface area contributed by atoms with E-state index in [1.807, 2.05) is 13.0 Å². The van der Waals surface area contributed by atoms with Gasteiger partial charge in [0.15, 0.2) is 0 Å². The predicted molar refractivity (Wildman–Crippen MR) is 136 cm³/mol. The number of hydrogen-bond acceptors (Lipinski definition) is 4. The van der Waals surface area contributed by atoms with Gasteiger partial charge >= 0.3 is 5.97 Å². The van der Waals surface area contributed by atoms with Gasteiger partial charge in [-0.1, -0.05) is 6.07 Å². The number of fused-ring (bicyclic) bond motifs is 1. The summed E-state index contributed by atoms with van der Waals surface area (Å²) in [6.07, 6.45) is 5.75. The smallest absolute Gasteiger partial charge is 0.303 e. The summed E-state index contributed by atoms with van der Waals surface area (Å²) in [6, 6.07) is 6.40. The van der Waals surface area contributed by atoms with Gasteiger partial charge in [0.1, 0.15) is 23.4 Å². The highest BCUT2D eigenvalue weighted by Crippen LogP contribution is 2.48. The van der Waals surface area contributed by atoms with Crippen LogP contribution in [0.25, 0.3) is 0 Å². The van der Waals surface area contributed by atoms with E-state index in [1.165, 1.54) is 4.90 Å². The molecule has 2 amide bonds. The third kappa shape index (κ3) is 6.34. The van der Waals surface area contributed by atoms with Crippen LogP contribution < -0.4 is 10.1 Å². The molecule has 0 radical (unpaired) electrons. The van der Waals surface area contributed by atoms with Crippen LogP contribution in [0.3, 0.4) is 0 Å². The number of carboxylic acids is 1. The van der Waals surface area contributed by atoms with Gasteiger partial charge in [-0.05, 0) is 73.9 Å². The molecule has 10 heteroatoms. The molecule has 7 nitrogen and oxygen atoms in total. The van der Waals surface area contributed by atoms with Crippen molar-refractivity contribution >= 4 is 33.5 Å². The van der Waals surface area contributed by atoms with E-state index in [0.717, 1.165) is 17.7 Å². The molecule has 36 heavy (non-hydrogen) atoms. The zero-order chi connectivity index (χ0) is 26.6. The molecule has 2 N–H and O–H groups in total. The number of ether oxygens (including phenoxy) is 1. The molecule has 0 aromatic heterocycles. The number of aliphatic carboxylic acids is 1. The molecule has 0 unspecified atom stereocenters. The summed E-state index contributed by atoms with van der Waals surface area (Å²) in [7, 11) is -1.68. The Balaban J connectivity index is 1.93. The van der Waals surface area contributed by atoms with Gasteiger partial charge in [-0.25, -0.2) is 18.8 Å². The summed E-state index contributed by atoms with van der Waals surface area (Å²) in [4.78, 5) is 38.7. The zero-order valence-electron chi connectivity index (χ0n) is 20.9. The van der Waals surface area contributed by atoms with E-state index in [2.05, 4.69) is 5.32 Å². The summed E-state index contributed by atoms with van der Waals surface area (Å²) < 4.78 is 35.1. The number of carboxylic acid groups (broad SMARTS) is 1. The first-order valence-electron chi connectivity index (χ1n) is 11.7. The largest absolute Gasteiger partial charge is 0.494 e. The predicted octanol–water partition coefficient (Wildman–Crippen LogP) is 4.74. The number of carbonyl (C=O) groups is 3. The lowest BCUT2D eigenvalue weighted by Gasteiger charge is -2.36. The Morgan fingerprint density at radius 1 is 1.11 bits per heavy atom. The van der Waals surface area contributed by atoms with Crippen molar-refractivity contribution in [3.63, 3.8) is 0 Å². The maximum atomic E-state index is 14.8. The SMILES string of the molecule is CCOc1ccc2c(c1)CCN(C(=O)CCCC(=O)O)[C@H]2C(=O)Nc1cc(F)c(S(C)(C)C)c(F)c1. The standard InChI is InChI=1S/C26H32F2N2O5S/c1-5-35-18-9-10-19-16(13-18)11-12-30(22(31)7-6-8-23(32)33)24(19)26(34)29-17-14-20(27)25(21(28)15-17)36(2,3)4/h9-10,13-15,24H,5-8,11-12H2,1-4H3,(H,29,34)(H,32,33)/t24-/m1/s1. The lowest BCUT2D eigenvalue weighted by Crippen LogP contribution is -2.45. The van der Waals surface area contributed by atoms with Crippen molar-refractivity contribution in [1.29, 1.82) is 0 Å². The monoisotopic (exact) mass is 522 g/mol. The van der Waals surface area contributed by atoms with E-state index in [4.69, 9.17) is 9.84 Å². The molecule has 0 spiro atoms. The summed E-state index contributed by atoms with van der Waals surface area (Å²) in [5, 5.41) is 11.5. The van der Waals surface area contributed by atoms with Gasteiger partial charge in [-0.2, -0.15) is 0 Å². The zero-order valence-corrected chi connectivity index (χ0v) is 21.7. The Bertz CT molecular complexity index is 1140. The van der Waals surface area contributed by atoms with Crippen molar-refractivity contribution in [2.45, 2.75) is 43.5 Å². The number of carbonyl (C=O) groups excluding carboxylic acids is 2. The minimum absolute atomic E-state index is 0.00204. The minimum atomic E-state index is -1.68. The summed E-state index contributed by atoms with van der Waals surface area (Å²) in [5.41, 5.74) is 1.38. The molecular formula is C26H32F2N2O5S. The lowest BCUT2D eigenvalue weighted by molar-refractivity contribution is -0.140. The maximum Gasteiger partial charge on any atom is 0.303 e. The van der Waals surface area contributed by atoms with Crippen LogP contribution >= 0.6 is 10.0 Å². The summed E-state index contributed by atoms with van der Waals surface area (Å²) in [6.45, 7) is 2.57. The third-order valence-corrected chi connectivity index (χ3v) is 7.50. The van der Waals surface area contributed by atoms with Gasteiger partial charge in [0.2, 0.25) is 5.91 Å². The molecule has 1 atom stereocenters. The molecule has 3 rings (SSSR count). The Kier molecular flexibility index (Phi) is 8.60. The highest BCUT2D eigenvalue weighted by molar-refractivity contribution is 8.32. The first-order chi connectivity index (χ1) is 16.9. The van der Waals surface area contributed by atoms with Crippen molar-refractivity contribution in [2.75, 3.05) is 37.2 Å². The molecule has 0 fully saturated rings. The van der Waals surface area contributed by atoms with Crippen LogP contribution in [0.4, 0.5) is 14.5 Å². The second kappa shape index (κ2) is 11.3. The highest BCUT2D eigenvalue weighted by atomic mass is 32.3. The molecular weight excluding hydrogens is 490 g/mol. The minimum Gasteiger partial charge on any atom is -0.494 e. The van der Waals surface area contributed by atoms with E-state index in [-0.39, 0.29) is 42.3 Å². The average molecular weight is 523 g/mol. The van der Waals surface area contributed by atoms with Crippen molar-refractivity contribution in [3.05, 3.63) is 53.1 Å². The normalized spacial score (nSPS) is 15.7. The van der Waals surface area contributed by atoms with Gasteiger partial charge in [0.05, 0.1) is 11.5 Å². The molecule has 1 aliphatic rings. The Morgan fingerprint density at radius 2 is 1.78 bits per heavy atom. The fourth-order valence-corrected chi connectivity index (χ4v) is 5.66. The second-order valence-corrected chi connectivity index (χ2v) is 13.5. The van der Waals surface area contributed by atoms with Gasteiger partial charge in [-0.3, -0.25) is 14.4 Å². The molecule has 1 heterocycles. The van der Waals surface area contributed by atoms with Crippen molar-refractivity contribution in [3.8, 4) is 5.75 Å². The van der Waals surface area contributed by atoms with Gasteiger partial charge in [0.25, 0.3) is 5.91 Å². The van der Waals surface area contributed by atoms with Crippen LogP contribution in [0.1, 0.15) is 43.4 Å². The molecule has 2 aromatic rings. The van der Waals surface area contributed by atoms with Gasteiger partial charge < -0.3 is 20.1 Å². The molecule has 0 aliphatic carbocycles. The van der Waals surface area contributed by atoms with Gasteiger partial charge in [0, 0.05) is 25.1 Å². The van der Waals surface area contributed by atoms with Crippen LogP contribution in [-0.4, -0.2) is 59.7 Å². The van der Waals surface area contributed by atoms with Crippen LogP contribution in [0.2, 0.25) is 0 Å². The number of anilines is 1. The maximum absolute atomic E-state index is 14.8. The number of hydrogen-bond donors (Lipinski definition) is 2. The number of benzene rings is 2. The summed E-state index contributed by atoms with van der Waals surface area (Å²) >= 11 is 0. The first-order valence-corrected chi connectivity index (χ1v) is 14.5. The van der Waals surface area contributed by atoms with Crippen LogP contribution in [0, 0.1) is 11.6 Å². The molecule has 196 valence electrons. The van der Waals surface area contributed by atoms with E-state index in [9.17, 15) is 23.2 Å². The molecule has 0 saturated heterocycles. The number of halogens is 2. The topological polar surface area (TPSA) is 95.9 Å². The first kappa shape index (κ1) is 27.4. The number of amides is 2. The van der Waals surface area contributed by atoms with E-state index < -0.39 is 39.6 Å². The van der Waals surface area contributed by atoms with Gasteiger partial charge in [-0.15, -0.1) is 0 Å². The van der Waals surface area contributed by atoms with E-state index in [0.29, 0.717) is 24.3 Å². The number of rotatable bonds is 9. The fraction of sp³-hybridized carbons (Fsp3) is 0.423. The molecule has 2 aromatic carbocycles. The lowest BCUT2D eigenvalue weighted by atomic mass is 9.91. The van der Waals surface area contributed by atoms with E-state index >= 15 is 0 Å². The van der Waals surface area contributed by atoms with Crippen LogP contribution in [-0.2, 0) is 20.8 Å². The van der Waals surface area contributed by atoms with Crippen molar-refractivity contribution in [1.82, 2.24) is 4.90 Å². The number of nitrogens with zero attached hydrogens (tertiary/aromatic N) is 1. The van der Waals surface area contributed by atoms with Crippen LogP contribution in [0.15, 0.2) is 35.2 Å². The average Bonchev–Trinajstić information content (AvgIpc) is 2.76. The molecule has 1 aliphatic heterocycles. The summed E-state index contributed by atoms with van der Waals surface area (Å²) in [5.74, 6) is -2.81. The fourth-order valence-electron chi connectivity index (χ4n) is 4.37. The highest BCUT2D eigenvalue weighted by Gasteiger charge is 2.36. The Morgan fingerprint density at radius 3 is 2.36 bits per heavy atom. The quantitative estimate of drug-likeness (QED) is 0.496. The van der Waals surface area contributed by atoms with E-state index in [1.54, 1.807) is 30.9 Å². The van der Waals surface area contributed by atoms with Crippen molar-refractivity contribution in [2.24, 2.45) is 0 Å². The molecule has 0 bridgehead atoms. The van der Waals surface area contributed by atoms with Crippen molar-refractivity contribution < 1.29 is 33.0 Å².